The fourth-order valence-corrected chi connectivity index (χ4v) is 6.76. The van der Waals surface area contributed by atoms with Crippen molar-refractivity contribution in [2.45, 2.75) is 64.5 Å². The molecule has 9 nitrogen and oxygen atoms in total. The van der Waals surface area contributed by atoms with E-state index in [0.29, 0.717) is 0 Å². The number of primary amides is 1. The van der Waals surface area contributed by atoms with Gasteiger partial charge in [-0.3, -0.25) is 28.8 Å². The van der Waals surface area contributed by atoms with E-state index < -0.39 is 53.2 Å². The number of benzene rings is 5. The Morgan fingerprint density at radius 2 is 1.04 bits per heavy atom. The van der Waals surface area contributed by atoms with Crippen LogP contribution in [-0.2, 0) is 54.5 Å². The Morgan fingerprint density at radius 1 is 0.544 bits per heavy atom. The number of nitrogens with one attached hydrogen (secondary N) is 2. The summed E-state index contributed by atoms with van der Waals surface area (Å²) < 4.78 is 0. The lowest BCUT2D eigenvalue weighted by Gasteiger charge is -2.22. The molecule has 4 atom stereocenters. The highest BCUT2D eigenvalue weighted by atomic mass is 16.2. The van der Waals surface area contributed by atoms with E-state index in [2.05, 4.69) is 10.6 Å². The van der Waals surface area contributed by atoms with Gasteiger partial charge in [-0.05, 0) is 66.5 Å². The van der Waals surface area contributed by atoms with Crippen LogP contribution in [0.5, 0.6) is 0 Å². The summed E-state index contributed by atoms with van der Waals surface area (Å²) in [6.45, 7) is 3.32. The van der Waals surface area contributed by atoms with Crippen LogP contribution in [0.1, 0.15) is 47.6 Å². The molecule has 0 saturated heterocycles. The maximum absolute atomic E-state index is 13.9. The minimum Gasteiger partial charge on any atom is -0.369 e. The molecule has 4 N–H and O–H groups in total. The molecule has 0 fully saturated rings. The molecule has 5 aromatic carbocycles. The molecule has 0 saturated carbocycles. The number of hydrogen-bond acceptors (Lipinski definition) is 6. The molecular formula is C48H49N3O6. The maximum atomic E-state index is 13.9. The summed E-state index contributed by atoms with van der Waals surface area (Å²) in [7, 11) is 0. The summed E-state index contributed by atoms with van der Waals surface area (Å²) in [6, 6.07) is 41.0. The van der Waals surface area contributed by atoms with Gasteiger partial charge in [-0.1, -0.05) is 145 Å². The van der Waals surface area contributed by atoms with Gasteiger partial charge in [0.15, 0.2) is 5.78 Å². The quantitative estimate of drug-likeness (QED) is 0.0812. The predicted octanol–water partition coefficient (Wildman–Crippen LogP) is 6.13. The lowest BCUT2D eigenvalue weighted by molar-refractivity contribution is -0.141. The monoisotopic (exact) mass is 763 g/mol. The van der Waals surface area contributed by atoms with Crippen LogP contribution in [-0.4, -0.2) is 47.2 Å². The van der Waals surface area contributed by atoms with Gasteiger partial charge in [-0.2, -0.15) is 0 Å². The lowest BCUT2D eigenvalue weighted by Crippen LogP contribution is -2.52. The Labute approximate surface area is 334 Å². The summed E-state index contributed by atoms with van der Waals surface area (Å²) >= 11 is 0. The van der Waals surface area contributed by atoms with Crippen molar-refractivity contribution in [3.63, 3.8) is 0 Å². The second-order valence-electron chi connectivity index (χ2n) is 14.6. The average molecular weight is 764 g/mol. The van der Waals surface area contributed by atoms with Gasteiger partial charge in [-0.25, -0.2) is 0 Å². The van der Waals surface area contributed by atoms with E-state index in [9.17, 15) is 28.8 Å². The molecule has 5 rings (SSSR count). The first-order valence-corrected chi connectivity index (χ1v) is 19.2. The molecule has 0 aliphatic heterocycles. The van der Waals surface area contributed by atoms with Gasteiger partial charge in [0, 0.05) is 31.1 Å². The van der Waals surface area contributed by atoms with Crippen molar-refractivity contribution in [3.8, 4) is 11.1 Å². The zero-order valence-electron chi connectivity index (χ0n) is 32.4. The standard InChI is InChI=1S/C48H49N3O6/c1-32-18-20-37(21-19-32)29-43(44(53)31-40(46(49)55)26-36-22-24-39(25-23-36)38-16-10-5-11-17-38)51-48(57)45(54)33(2)50-47(56)41(27-34-12-6-3-7-13-34)30-42(52)28-35-14-8-4-9-15-35/h3-25,33,40-41,43H,26-31H2,1-2H3,(H2,49,55)(H,50,56)(H,51,57)/t33?,40-,41-,43+/m1/s1. The summed E-state index contributed by atoms with van der Waals surface area (Å²) in [5.74, 6) is -5.46. The van der Waals surface area contributed by atoms with E-state index in [1.165, 1.54) is 6.92 Å². The highest BCUT2D eigenvalue weighted by Gasteiger charge is 2.32. The molecule has 3 amide bonds. The van der Waals surface area contributed by atoms with Gasteiger partial charge in [0.2, 0.25) is 17.6 Å². The first-order chi connectivity index (χ1) is 27.4. The van der Waals surface area contributed by atoms with Crippen LogP contribution < -0.4 is 16.4 Å². The number of aryl methyl sites for hydroxylation is 1. The number of hydrogen-bond donors (Lipinski definition) is 3. The molecule has 0 aromatic heterocycles. The van der Waals surface area contributed by atoms with E-state index in [0.717, 1.165) is 38.9 Å². The van der Waals surface area contributed by atoms with Gasteiger partial charge >= 0.3 is 0 Å². The average Bonchev–Trinajstić information content (AvgIpc) is 3.21. The Kier molecular flexibility index (Phi) is 14.9. The van der Waals surface area contributed by atoms with Crippen LogP contribution in [0.15, 0.2) is 140 Å². The normalized spacial score (nSPS) is 13.0. The van der Waals surface area contributed by atoms with Crippen molar-refractivity contribution >= 4 is 35.1 Å². The molecule has 9 heteroatoms. The van der Waals surface area contributed by atoms with Crippen molar-refractivity contribution in [1.29, 1.82) is 0 Å². The van der Waals surface area contributed by atoms with Crippen molar-refractivity contribution < 1.29 is 28.8 Å². The number of carbonyl (C=O) groups excluding carboxylic acids is 6. The third kappa shape index (κ3) is 12.8. The zero-order valence-corrected chi connectivity index (χ0v) is 32.4. The smallest absolute Gasteiger partial charge is 0.290 e. The minimum absolute atomic E-state index is 0.0615. The third-order valence-electron chi connectivity index (χ3n) is 10.0. The molecular weight excluding hydrogens is 715 g/mol. The maximum Gasteiger partial charge on any atom is 0.290 e. The molecule has 0 aliphatic carbocycles. The van der Waals surface area contributed by atoms with E-state index >= 15 is 0 Å². The summed E-state index contributed by atoms with van der Waals surface area (Å²) in [5, 5.41) is 5.25. The van der Waals surface area contributed by atoms with Gasteiger partial charge in [-0.15, -0.1) is 0 Å². The van der Waals surface area contributed by atoms with Gasteiger partial charge in [0.05, 0.1) is 12.1 Å². The largest absolute Gasteiger partial charge is 0.369 e. The molecule has 0 heterocycles. The SMILES string of the molecule is Cc1ccc(C[C@H](NC(=O)C(=O)C(C)NC(=O)[C@@H](CC(=O)Cc2ccccc2)Cc2ccccc2)C(=O)C[C@@H](Cc2ccc(-c3ccccc3)cc2)C(N)=O)cc1. The second kappa shape index (κ2) is 20.4. The Morgan fingerprint density at radius 3 is 1.63 bits per heavy atom. The van der Waals surface area contributed by atoms with E-state index in [1.807, 2.05) is 146 Å². The minimum atomic E-state index is -1.26. The van der Waals surface area contributed by atoms with Crippen molar-refractivity contribution in [2.75, 3.05) is 0 Å². The first kappa shape index (κ1) is 41.7. The van der Waals surface area contributed by atoms with Crippen LogP contribution in [0.4, 0.5) is 0 Å². The van der Waals surface area contributed by atoms with Crippen LogP contribution in [0.2, 0.25) is 0 Å². The molecule has 0 radical (unpaired) electrons. The zero-order chi connectivity index (χ0) is 40.7. The summed E-state index contributed by atoms with van der Waals surface area (Å²) in [6.07, 6.45) is 0.370. The van der Waals surface area contributed by atoms with Crippen molar-refractivity contribution in [1.82, 2.24) is 10.6 Å². The summed E-state index contributed by atoms with van der Waals surface area (Å²) in [5.41, 5.74) is 12.1. The summed E-state index contributed by atoms with van der Waals surface area (Å²) in [4.78, 5) is 80.4. The van der Waals surface area contributed by atoms with Crippen molar-refractivity contribution in [2.24, 2.45) is 17.6 Å². The predicted molar refractivity (Wildman–Crippen MR) is 221 cm³/mol. The van der Waals surface area contributed by atoms with Crippen molar-refractivity contribution in [3.05, 3.63) is 167 Å². The van der Waals surface area contributed by atoms with Crippen LogP contribution in [0.3, 0.4) is 0 Å². The van der Waals surface area contributed by atoms with Gasteiger partial charge in [0.25, 0.3) is 5.91 Å². The number of carbonyl (C=O) groups is 6. The lowest BCUT2D eigenvalue weighted by atomic mass is 9.89. The van der Waals surface area contributed by atoms with E-state index in [4.69, 9.17) is 5.73 Å². The molecule has 5 aromatic rings. The molecule has 0 aliphatic rings. The van der Waals surface area contributed by atoms with Crippen LogP contribution in [0.25, 0.3) is 11.1 Å². The van der Waals surface area contributed by atoms with E-state index in [-0.39, 0.29) is 44.3 Å². The number of Topliss-reactive ketones (excluding diaryl/α,β-unsaturated/α-hetero) is 3. The topological polar surface area (TPSA) is 152 Å². The van der Waals surface area contributed by atoms with Crippen LogP contribution in [0, 0.1) is 18.8 Å². The first-order valence-electron chi connectivity index (χ1n) is 19.2. The number of rotatable bonds is 20. The third-order valence-corrected chi connectivity index (χ3v) is 10.0. The fraction of sp³-hybridized carbons (Fsp3) is 0.250. The number of amides is 3. The Balaban J connectivity index is 1.26. The Bertz CT molecular complexity index is 2140. The Hall–Kier alpha value is -6.48. The van der Waals surface area contributed by atoms with Gasteiger partial charge < -0.3 is 16.4 Å². The molecule has 57 heavy (non-hydrogen) atoms. The van der Waals surface area contributed by atoms with Crippen LogP contribution >= 0.6 is 0 Å². The highest BCUT2D eigenvalue weighted by Crippen LogP contribution is 2.22. The molecule has 0 bridgehead atoms. The molecule has 292 valence electrons. The van der Waals surface area contributed by atoms with E-state index in [1.54, 1.807) is 0 Å². The highest BCUT2D eigenvalue weighted by molar-refractivity contribution is 6.38. The second-order valence-corrected chi connectivity index (χ2v) is 14.6. The van der Waals surface area contributed by atoms with Gasteiger partial charge in [0.1, 0.15) is 5.78 Å². The number of ketones is 3. The fourth-order valence-electron chi connectivity index (χ4n) is 6.76. The molecule has 0 spiro atoms. The number of nitrogens with two attached hydrogens (primary N) is 1. The molecule has 1 unspecified atom stereocenters.